The van der Waals surface area contributed by atoms with E-state index in [-0.39, 0.29) is 10.7 Å². The monoisotopic (exact) mass is 407 g/mol. The van der Waals surface area contributed by atoms with Gasteiger partial charge in [-0.2, -0.15) is 0 Å². The zero-order chi connectivity index (χ0) is 20.4. The number of thiazole rings is 1. The van der Waals surface area contributed by atoms with Crippen molar-refractivity contribution in [3.05, 3.63) is 52.2 Å². The zero-order valence-electron chi connectivity index (χ0n) is 15.1. The van der Waals surface area contributed by atoms with E-state index in [1.807, 2.05) is 0 Å². The molecule has 1 amide bonds. The Morgan fingerprint density at radius 1 is 1.25 bits per heavy atom. The highest BCUT2D eigenvalue weighted by Crippen LogP contribution is 2.26. The molecule has 1 aromatic carbocycles. The highest BCUT2D eigenvalue weighted by molar-refractivity contribution is 7.14. The van der Waals surface area contributed by atoms with Crippen molar-refractivity contribution >= 4 is 28.3 Å². The van der Waals surface area contributed by atoms with Crippen LogP contribution in [0.3, 0.4) is 0 Å². The number of anilines is 1. The van der Waals surface area contributed by atoms with E-state index in [1.54, 1.807) is 19.2 Å². The van der Waals surface area contributed by atoms with Crippen molar-refractivity contribution in [2.45, 2.75) is 26.9 Å². The number of hydrogen-bond acceptors (Lipinski definition) is 7. The van der Waals surface area contributed by atoms with Crippen molar-refractivity contribution in [1.82, 2.24) is 10.1 Å². The minimum Gasteiger partial charge on any atom is -0.449 e. The van der Waals surface area contributed by atoms with Crippen LogP contribution in [0.25, 0.3) is 11.3 Å². The van der Waals surface area contributed by atoms with Crippen LogP contribution in [-0.2, 0) is 9.53 Å². The molecular formula is C18H15F2N3O4S. The molecule has 0 saturated carbocycles. The highest BCUT2D eigenvalue weighted by atomic mass is 32.1. The summed E-state index contributed by atoms with van der Waals surface area (Å²) < 4.78 is 36.4. The number of halogens is 2. The van der Waals surface area contributed by atoms with Gasteiger partial charge in [0.2, 0.25) is 0 Å². The van der Waals surface area contributed by atoms with E-state index in [0.717, 1.165) is 23.5 Å². The van der Waals surface area contributed by atoms with Crippen LogP contribution in [0.2, 0.25) is 0 Å². The van der Waals surface area contributed by atoms with E-state index >= 15 is 0 Å². The number of rotatable bonds is 5. The lowest BCUT2D eigenvalue weighted by Crippen LogP contribution is -2.30. The van der Waals surface area contributed by atoms with Gasteiger partial charge in [-0.1, -0.05) is 5.16 Å². The Bertz CT molecular complexity index is 1030. The van der Waals surface area contributed by atoms with E-state index in [1.165, 1.54) is 13.0 Å². The third-order valence-corrected chi connectivity index (χ3v) is 4.60. The van der Waals surface area contributed by atoms with Crippen molar-refractivity contribution in [2.24, 2.45) is 0 Å². The second-order valence-electron chi connectivity index (χ2n) is 5.90. The molecule has 0 bridgehead atoms. The van der Waals surface area contributed by atoms with Crippen LogP contribution in [0.15, 0.2) is 28.1 Å². The van der Waals surface area contributed by atoms with Crippen LogP contribution in [0, 0.1) is 25.5 Å². The van der Waals surface area contributed by atoms with Gasteiger partial charge < -0.3 is 9.26 Å². The molecule has 0 fully saturated rings. The van der Waals surface area contributed by atoms with Crippen LogP contribution in [0.1, 0.15) is 28.7 Å². The number of aryl methyl sites for hydroxylation is 2. The predicted octanol–water partition coefficient (Wildman–Crippen LogP) is 3.88. The van der Waals surface area contributed by atoms with Crippen LogP contribution < -0.4 is 5.32 Å². The number of aromatic nitrogens is 2. The number of amides is 1. The summed E-state index contributed by atoms with van der Waals surface area (Å²) in [5, 5.41) is 8.00. The number of ether oxygens (including phenoxy) is 1. The van der Waals surface area contributed by atoms with E-state index in [4.69, 9.17) is 9.26 Å². The molecule has 0 aliphatic rings. The first-order valence-corrected chi connectivity index (χ1v) is 9.00. The summed E-state index contributed by atoms with van der Waals surface area (Å²) in [6, 6.07) is 3.40. The topological polar surface area (TPSA) is 94.3 Å². The molecule has 3 aromatic rings. The first-order chi connectivity index (χ1) is 13.3. The Kier molecular flexibility index (Phi) is 5.50. The lowest BCUT2D eigenvalue weighted by atomic mass is 10.2. The lowest BCUT2D eigenvalue weighted by Gasteiger charge is -2.12. The first-order valence-electron chi connectivity index (χ1n) is 8.12. The number of carbonyl (C=O) groups is 2. The molecule has 2 aromatic heterocycles. The third-order valence-electron chi connectivity index (χ3n) is 3.84. The van der Waals surface area contributed by atoms with Crippen molar-refractivity contribution in [2.75, 3.05) is 5.32 Å². The molecule has 2 heterocycles. The Balaban J connectivity index is 1.65. The number of nitrogens with zero attached hydrogens (tertiary/aromatic N) is 2. The molecule has 3 rings (SSSR count). The maximum absolute atomic E-state index is 13.4. The molecule has 1 atom stereocenters. The molecule has 0 radical (unpaired) electrons. The Morgan fingerprint density at radius 3 is 2.64 bits per heavy atom. The quantitative estimate of drug-likeness (QED) is 0.645. The molecule has 10 heteroatoms. The average Bonchev–Trinajstić information content (AvgIpc) is 3.23. The fourth-order valence-corrected chi connectivity index (χ4v) is 3.10. The van der Waals surface area contributed by atoms with Gasteiger partial charge in [0.15, 0.2) is 22.9 Å². The van der Waals surface area contributed by atoms with Gasteiger partial charge in [0.1, 0.15) is 11.3 Å². The van der Waals surface area contributed by atoms with Gasteiger partial charge in [0, 0.05) is 10.9 Å². The Hall–Kier alpha value is -3.14. The van der Waals surface area contributed by atoms with Gasteiger partial charge in [-0.3, -0.25) is 10.1 Å². The smallest absolute Gasteiger partial charge is 0.344 e. The number of carbonyl (C=O) groups excluding carboxylic acids is 2. The van der Waals surface area contributed by atoms with Gasteiger partial charge in [-0.05, 0) is 39.0 Å². The van der Waals surface area contributed by atoms with Crippen LogP contribution in [0.5, 0.6) is 0 Å². The van der Waals surface area contributed by atoms with Crippen LogP contribution in [-0.4, -0.2) is 28.1 Å². The molecule has 0 saturated heterocycles. The standard InChI is InChI=1S/C18H15F2N3O4S/c1-8-15(9(2)27-23-8)17(25)26-10(3)16(24)22-18-21-14(7-28-18)11-4-5-12(19)13(20)6-11/h4-7,10H,1-3H3,(H,21,22,24)/t10-/m0/s1. The van der Waals surface area contributed by atoms with Gasteiger partial charge in [0.25, 0.3) is 5.91 Å². The Morgan fingerprint density at radius 2 is 2.00 bits per heavy atom. The van der Waals surface area contributed by atoms with Gasteiger partial charge in [-0.15, -0.1) is 11.3 Å². The fraction of sp³-hybridized carbons (Fsp3) is 0.222. The maximum Gasteiger partial charge on any atom is 0.344 e. The normalized spacial score (nSPS) is 11.9. The van der Waals surface area contributed by atoms with E-state index in [9.17, 15) is 18.4 Å². The summed E-state index contributed by atoms with van der Waals surface area (Å²) in [6.45, 7) is 4.57. The zero-order valence-corrected chi connectivity index (χ0v) is 15.9. The summed E-state index contributed by atoms with van der Waals surface area (Å²) in [4.78, 5) is 28.6. The van der Waals surface area contributed by atoms with E-state index in [0.29, 0.717) is 22.7 Å². The fourth-order valence-electron chi connectivity index (χ4n) is 2.37. The summed E-state index contributed by atoms with van der Waals surface area (Å²) in [6.07, 6.45) is -1.10. The molecule has 146 valence electrons. The molecule has 28 heavy (non-hydrogen) atoms. The van der Waals surface area contributed by atoms with E-state index in [2.05, 4.69) is 15.5 Å². The van der Waals surface area contributed by atoms with Crippen molar-refractivity contribution in [3.63, 3.8) is 0 Å². The predicted molar refractivity (Wildman–Crippen MR) is 97.0 cm³/mol. The van der Waals surface area contributed by atoms with Crippen molar-refractivity contribution < 1.29 is 27.6 Å². The molecular weight excluding hydrogens is 392 g/mol. The third kappa shape index (κ3) is 4.06. The number of nitrogens with one attached hydrogen (secondary N) is 1. The molecule has 0 spiro atoms. The second kappa shape index (κ2) is 7.85. The molecule has 0 unspecified atom stereocenters. The second-order valence-corrected chi connectivity index (χ2v) is 6.76. The van der Waals surface area contributed by atoms with Gasteiger partial charge in [0.05, 0.1) is 11.4 Å². The summed E-state index contributed by atoms with van der Waals surface area (Å²) in [7, 11) is 0. The summed E-state index contributed by atoms with van der Waals surface area (Å²) >= 11 is 1.10. The largest absolute Gasteiger partial charge is 0.449 e. The minimum absolute atomic E-state index is 0.175. The maximum atomic E-state index is 13.4. The van der Waals surface area contributed by atoms with E-state index < -0.39 is 29.6 Å². The molecule has 0 aliphatic carbocycles. The van der Waals surface area contributed by atoms with Crippen molar-refractivity contribution in [3.8, 4) is 11.3 Å². The summed E-state index contributed by atoms with van der Waals surface area (Å²) in [5.41, 5.74) is 1.29. The molecule has 1 N–H and O–H groups in total. The number of hydrogen-bond donors (Lipinski definition) is 1. The summed E-state index contributed by atoms with van der Waals surface area (Å²) in [5.74, 6) is -2.96. The molecule has 0 aliphatic heterocycles. The Labute approximate surface area is 162 Å². The number of benzene rings is 1. The van der Waals surface area contributed by atoms with Crippen LogP contribution in [0.4, 0.5) is 13.9 Å². The van der Waals surface area contributed by atoms with Gasteiger partial charge in [-0.25, -0.2) is 18.6 Å². The minimum atomic E-state index is -1.10. The molecule has 7 nitrogen and oxygen atoms in total. The van der Waals surface area contributed by atoms with Crippen molar-refractivity contribution in [1.29, 1.82) is 0 Å². The SMILES string of the molecule is Cc1noc(C)c1C(=O)O[C@@H](C)C(=O)Nc1nc(-c2ccc(F)c(F)c2)cs1. The highest BCUT2D eigenvalue weighted by Gasteiger charge is 2.24. The first kappa shape index (κ1) is 19.6. The van der Waals surface area contributed by atoms with Gasteiger partial charge >= 0.3 is 5.97 Å². The average molecular weight is 407 g/mol. The lowest BCUT2D eigenvalue weighted by molar-refractivity contribution is -0.123. The van der Waals surface area contributed by atoms with Crippen LogP contribution >= 0.6 is 11.3 Å². The number of esters is 1.